The van der Waals surface area contributed by atoms with E-state index in [1.54, 1.807) is 11.4 Å². The summed E-state index contributed by atoms with van der Waals surface area (Å²) in [4.78, 5) is 45.5. The molecule has 1 aliphatic rings. The summed E-state index contributed by atoms with van der Waals surface area (Å²) < 4.78 is 0. The number of likely N-dealkylation sites (N-methyl/N-ethyl adjacent to an activating group) is 1. The molecule has 156 valence electrons. The van der Waals surface area contributed by atoms with Gasteiger partial charge in [0.15, 0.2) is 5.13 Å². The zero-order valence-corrected chi connectivity index (χ0v) is 18.0. The first-order chi connectivity index (χ1) is 14.0. The summed E-state index contributed by atoms with van der Waals surface area (Å²) in [5.41, 5.74) is 0.657. The fraction of sp³-hybridized carbons (Fsp3) is 0.474. The number of carbonyl (C=O) groups is 3. The van der Waals surface area contributed by atoms with Crippen molar-refractivity contribution >= 4 is 45.5 Å². The maximum atomic E-state index is 12.7. The number of nitrogens with one attached hydrogen (secondary N) is 2. The largest absolute Gasteiger partial charge is 0.355 e. The van der Waals surface area contributed by atoms with Crippen LogP contribution in [0.2, 0.25) is 0 Å². The van der Waals surface area contributed by atoms with Crippen LogP contribution in [0.3, 0.4) is 0 Å². The first-order valence-electron chi connectivity index (χ1n) is 9.61. The number of thiophene rings is 1. The Morgan fingerprint density at radius 2 is 2.03 bits per heavy atom. The Morgan fingerprint density at radius 1 is 1.17 bits per heavy atom. The first kappa shape index (κ1) is 21.4. The second-order valence-electron chi connectivity index (χ2n) is 6.72. The summed E-state index contributed by atoms with van der Waals surface area (Å²) in [7, 11) is 0. The van der Waals surface area contributed by atoms with Crippen LogP contribution in [-0.4, -0.2) is 71.8 Å². The lowest BCUT2D eigenvalue weighted by Crippen LogP contribution is -2.40. The average Bonchev–Trinajstić information content (AvgIpc) is 3.31. The summed E-state index contributed by atoms with van der Waals surface area (Å²) in [6.07, 6.45) is 1.05. The molecule has 29 heavy (non-hydrogen) atoms. The highest BCUT2D eigenvalue weighted by atomic mass is 32.1. The molecule has 1 aliphatic heterocycles. The second kappa shape index (κ2) is 10.5. The van der Waals surface area contributed by atoms with Gasteiger partial charge in [-0.2, -0.15) is 0 Å². The van der Waals surface area contributed by atoms with Crippen LogP contribution in [0, 0.1) is 0 Å². The molecule has 0 atom stereocenters. The van der Waals surface area contributed by atoms with Gasteiger partial charge in [0.25, 0.3) is 5.91 Å². The molecule has 3 heterocycles. The number of nitrogens with zero attached hydrogens (tertiary/aromatic N) is 3. The van der Waals surface area contributed by atoms with E-state index in [0.29, 0.717) is 48.4 Å². The highest BCUT2D eigenvalue weighted by Gasteiger charge is 2.21. The van der Waals surface area contributed by atoms with E-state index in [4.69, 9.17) is 0 Å². The van der Waals surface area contributed by atoms with Crippen LogP contribution < -0.4 is 10.6 Å². The molecular formula is C19H25N5O3S2. The van der Waals surface area contributed by atoms with E-state index in [0.717, 1.165) is 13.0 Å². The van der Waals surface area contributed by atoms with Crippen LogP contribution in [-0.2, 0) is 16.0 Å². The first-order valence-corrected chi connectivity index (χ1v) is 11.4. The van der Waals surface area contributed by atoms with Crippen LogP contribution in [0.4, 0.5) is 5.13 Å². The highest BCUT2D eigenvalue weighted by molar-refractivity contribution is 7.14. The molecule has 1 fully saturated rings. The van der Waals surface area contributed by atoms with E-state index < -0.39 is 0 Å². The summed E-state index contributed by atoms with van der Waals surface area (Å²) >= 11 is 2.69. The number of anilines is 1. The molecule has 0 aromatic carbocycles. The topological polar surface area (TPSA) is 94.6 Å². The van der Waals surface area contributed by atoms with E-state index in [1.165, 1.54) is 22.7 Å². The van der Waals surface area contributed by atoms with Gasteiger partial charge in [0.2, 0.25) is 11.8 Å². The molecule has 0 aliphatic carbocycles. The van der Waals surface area contributed by atoms with Gasteiger partial charge in [-0.25, -0.2) is 4.98 Å². The standard InChI is InChI=1S/C19H25N5O3S2/c1-2-20-16(25)12-23-6-4-7-24(9-8-23)17(26)11-14-13-29-19(21-14)22-18(27)15-5-3-10-28-15/h3,5,10,13H,2,4,6-9,11-12H2,1H3,(H,20,25)(H,21,22,27). The van der Waals surface area contributed by atoms with Gasteiger partial charge in [0.05, 0.1) is 23.5 Å². The Hall–Kier alpha value is -2.30. The smallest absolute Gasteiger partial charge is 0.267 e. The molecule has 0 radical (unpaired) electrons. The fourth-order valence-electron chi connectivity index (χ4n) is 3.11. The van der Waals surface area contributed by atoms with Gasteiger partial charge in [-0.1, -0.05) is 6.07 Å². The van der Waals surface area contributed by atoms with Gasteiger partial charge < -0.3 is 10.2 Å². The molecule has 0 saturated carbocycles. The van der Waals surface area contributed by atoms with Crippen molar-refractivity contribution in [3.05, 3.63) is 33.5 Å². The average molecular weight is 436 g/mol. The number of thiazole rings is 1. The summed E-state index contributed by atoms with van der Waals surface area (Å²) in [6.45, 7) is 5.66. The Morgan fingerprint density at radius 3 is 2.79 bits per heavy atom. The molecule has 2 aromatic rings. The van der Waals surface area contributed by atoms with Crippen LogP contribution in [0.5, 0.6) is 0 Å². The number of rotatable bonds is 7. The van der Waals surface area contributed by atoms with Gasteiger partial charge >= 0.3 is 0 Å². The van der Waals surface area contributed by atoms with E-state index in [-0.39, 0.29) is 24.1 Å². The number of hydrogen-bond donors (Lipinski definition) is 2. The summed E-state index contributed by atoms with van der Waals surface area (Å²) in [5.74, 6) is -0.148. The molecule has 3 amide bonds. The summed E-state index contributed by atoms with van der Waals surface area (Å²) in [5, 5.41) is 9.73. The Bertz CT molecular complexity index is 837. The predicted octanol–water partition coefficient (Wildman–Crippen LogP) is 1.67. The van der Waals surface area contributed by atoms with Gasteiger partial charge in [-0.3, -0.25) is 24.6 Å². The van der Waals surface area contributed by atoms with Crippen LogP contribution in [0.1, 0.15) is 28.7 Å². The van der Waals surface area contributed by atoms with Crippen molar-refractivity contribution in [3.8, 4) is 0 Å². The number of aromatic nitrogens is 1. The van der Waals surface area contributed by atoms with Gasteiger partial charge in [0, 0.05) is 38.1 Å². The Kier molecular flexibility index (Phi) is 7.73. The summed E-state index contributed by atoms with van der Waals surface area (Å²) in [6, 6.07) is 3.58. The third-order valence-corrected chi connectivity index (χ3v) is 6.21. The highest BCUT2D eigenvalue weighted by Crippen LogP contribution is 2.19. The maximum absolute atomic E-state index is 12.7. The number of carbonyl (C=O) groups excluding carboxylic acids is 3. The minimum Gasteiger partial charge on any atom is -0.355 e. The van der Waals surface area contributed by atoms with Crippen molar-refractivity contribution in [3.63, 3.8) is 0 Å². The van der Waals surface area contributed by atoms with Crippen LogP contribution in [0.25, 0.3) is 0 Å². The van der Waals surface area contributed by atoms with Crippen molar-refractivity contribution in [1.29, 1.82) is 0 Å². The molecule has 0 unspecified atom stereocenters. The maximum Gasteiger partial charge on any atom is 0.267 e. The third-order valence-electron chi connectivity index (χ3n) is 4.53. The molecular weight excluding hydrogens is 410 g/mol. The molecule has 10 heteroatoms. The minimum atomic E-state index is -0.188. The zero-order chi connectivity index (χ0) is 20.6. The van der Waals surface area contributed by atoms with Crippen molar-refractivity contribution in [2.75, 3.05) is 44.6 Å². The van der Waals surface area contributed by atoms with Gasteiger partial charge in [-0.05, 0) is 24.8 Å². The second-order valence-corrected chi connectivity index (χ2v) is 8.52. The molecule has 0 bridgehead atoms. The Labute approximate surface area is 177 Å². The van der Waals surface area contributed by atoms with Gasteiger partial charge in [-0.15, -0.1) is 22.7 Å². The molecule has 2 aromatic heterocycles. The number of amides is 3. The molecule has 2 N–H and O–H groups in total. The SMILES string of the molecule is CCNC(=O)CN1CCCN(C(=O)Cc2csc(NC(=O)c3cccs3)n2)CC1. The Balaban J connectivity index is 1.48. The predicted molar refractivity (Wildman–Crippen MR) is 114 cm³/mol. The van der Waals surface area contributed by atoms with Gasteiger partial charge in [0.1, 0.15) is 0 Å². The third kappa shape index (κ3) is 6.34. The quantitative estimate of drug-likeness (QED) is 0.690. The zero-order valence-electron chi connectivity index (χ0n) is 16.3. The van der Waals surface area contributed by atoms with E-state index >= 15 is 0 Å². The van der Waals surface area contributed by atoms with Crippen molar-refractivity contribution in [1.82, 2.24) is 20.1 Å². The monoisotopic (exact) mass is 435 g/mol. The lowest BCUT2D eigenvalue weighted by Gasteiger charge is -2.21. The van der Waals surface area contributed by atoms with Crippen LogP contribution in [0.15, 0.2) is 22.9 Å². The molecule has 8 nitrogen and oxygen atoms in total. The van der Waals surface area contributed by atoms with Crippen molar-refractivity contribution in [2.45, 2.75) is 19.8 Å². The lowest BCUT2D eigenvalue weighted by molar-refractivity contribution is -0.130. The fourth-order valence-corrected chi connectivity index (χ4v) is 4.44. The van der Waals surface area contributed by atoms with Crippen LogP contribution >= 0.6 is 22.7 Å². The van der Waals surface area contributed by atoms with Crippen molar-refractivity contribution < 1.29 is 14.4 Å². The molecule has 0 spiro atoms. The van der Waals surface area contributed by atoms with E-state index in [2.05, 4.69) is 20.5 Å². The molecule has 3 rings (SSSR count). The van der Waals surface area contributed by atoms with E-state index in [1.807, 2.05) is 23.3 Å². The molecule has 1 saturated heterocycles. The minimum absolute atomic E-state index is 0.0197. The number of hydrogen-bond acceptors (Lipinski definition) is 7. The normalized spacial score (nSPS) is 15.0. The van der Waals surface area contributed by atoms with E-state index in [9.17, 15) is 14.4 Å². The lowest BCUT2D eigenvalue weighted by atomic mass is 10.3. The van der Waals surface area contributed by atoms with Crippen molar-refractivity contribution in [2.24, 2.45) is 0 Å².